The molecule has 1 rings (SSSR count). The van der Waals surface area contributed by atoms with Gasteiger partial charge in [0.2, 0.25) is 9.70 Å². The molecule has 0 fully saturated rings. The molecule has 1 atom stereocenters. The van der Waals surface area contributed by atoms with Crippen molar-refractivity contribution in [2.24, 2.45) is 0 Å². The molecular weight excluding hydrogens is 347 g/mol. The fourth-order valence-electron chi connectivity index (χ4n) is 1.64. The van der Waals surface area contributed by atoms with Crippen LogP contribution >= 0.6 is 34.8 Å². The number of hydrogen-bond donors (Lipinski definition) is 2. The van der Waals surface area contributed by atoms with Crippen molar-refractivity contribution in [1.29, 1.82) is 0 Å². The van der Waals surface area contributed by atoms with Crippen LogP contribution < -0.4 is 10.6 Å². The molecule has 1 aromatic rings. The van der Waals surface area contributed by atoms with Gasteiger partial charge in [-0.05, 0) is 24.6 Å². The van der Waals surface area contributed by atoms with Crippen molar-refractivity contribution in [2.45, 2.75) is 16.4 Å². The van der Waals surface area contributed by atoms with Gasteiger partial charge in [-0.3, -0.25) is 10.1 Å². The van der Waals surface area contributed by atoms with E-state index < -0.39 is 9.96 Å². The number of benzene rings is 1. The molecule has 4 nitrogen and oxygen atoms in total. The quantitative estimate of drug-likeness (QED) is 0.322. The molecule has 0 radical (unpaired) electrons. The molecule has 0 unspecified atom stereocenters. The minimum Gasteiger partial charge on any atom is -0.385 e. The van der Waals surface area contributed by atoms with Crippen LogP contribution in [0.15, 0.2) is 36.4 Å². The van der Waals surface area contributed by atoms with Crippen LogP contribution in [-0.4, -0.2) is 36.1 Å². The molecule has 122 valence electrons. The van der Waals surface area contributed by atoms with Gasteiger partial charge >= 0.3 is 0 Å². The third kappa shape index (κ3) is 8.01. The molecule has 0 spiro atoms. The largest absolute Gasteiger partial charge is 0.385 e. The van der Waals surface area contributed by atoms with Crippen LogP contribution in [0.2, 0.25) is 0 Å². The van der Waals surface area contributed by atoms with E-state index in [1.807, 2.05) is 30.3 Å². The second kappa shape index (κ2) is 10.1. The summed E-state index contributed by atoms with van der Waals surface area (Å²) >= 11 is 17.6. The maximum Gasteiger partial charge on any atom is 0.245 e. The number of carbonyl (C=O) groups excluding carboxylic acids is 1. The smallest absolute Gasteiger partial charge is 0.245 e. The van der Waals surface area contributed by atoms with Crippen LogP contribution in [0, 0.1) is 0 Å². The van der Waals surface area contributed by atoms with Gasteiger partial charge < -0.3 is 10.1 Å². The molecule has 0 saturated carbocycles. The van der Waals surface area contributed by atoms with Crippen LogP contribution in [0.1, 0.15) is 12.0 Å². The van der Waals surface area contributed by atoms with Crippen LogP contribution in [-0.2, 0) is 9.53 Å². The Hall–Kier alpha value is -0.780. The summed E-state index contributed by atoms with van der Waals surface area (Å²) in [6, 6.07) is 9.46. The standard InChI is InChI=1S/C15H19Cl3N2O2/c1-22-11-5-10-19-14(15(16,17)18)20-13(21)9-8-12-6-3-2-4-7-12/h2-4,6-9,14,19H,5,10-11H2,1H3,(H,20,21)/b9-8+/t14-/m0/s1. The van der Waals surface area contributed by atoms with Crippen molar-refractivity contribution in [3.63, 3.8) is 0 Å². The van der Waals surface area contributed by atoms with E-state index in [0.717, 1.165) is 12.0 Å². The van der Waals surface area contributed by atoms with Crippen molar-refractivity contribution in [1.82, 2.24) is 10.6 Å². The minimum absolute atomic E-state index is 0.348. The third-order valence-corrected chi connectivity index (χ3v) is 3.37. The first-order chi connectivity index (χ1) is 10.4. The minimum atomic E-state index is -1.65. The highest BCUT2D eigenvalue weighted by Gasteiger charge is 2.32. The molecule has 0 heterocycles. The van der Waals surface area contributed by atoms with Gasteiger partial charge in [-0.25, -0.2) is 0 Å². The second-order valence-electron chi connectivity index (χ2n) is 4.53. The van der Waals surface area contributed by atoms with E-state index in [1.165, 1.54) is 6.08 Å². The van der Waals surface area contributed by atoms with E-state index in [4.69, 9.17) is 39.5 Å². The predicted octanol–water partition coefficient (Wildman–Crippen LogP) is 3.14. The van der Waals surface area contributed by atoms with Crippen molar-refractivity contribution in [2.75, 3.05) is 20.3 Å². The summed E-state index contributed by atoms with van der Waals surface area (Å²) in [7, 11) is 1.61. The molecule has 0 aliphatic heterocycles. The molecule has 0 aliphatic rings. The van der Waals surface area contributed by atoms with Gasteiger partial charge in [0.15, 0.2) is 0 Å². The van der Waals surface area contributed by atoms with E-state index in [2.05, 4.69) is 10.6 Å². The summed E-state index contributed by atoms with van der Waals surface area (Å²) in [6.07, 6.45) is 3.04. The lowest BCUT2D eigenvalue weighted by Crippen LogP contribution is -2.53. The van der Waals surface area contributed by atoms with E-state index in [9.17, 15) is 4.79 Å². The Morgan fingerprint density at radius 1 is 1.32 bits per heavy atom. The summed E-state index contributed by atoms with van der Waals surface area (Å²) in [5.74, 6) is -0.348. The molecule has 0 aliphatic carbocycles. The average Bonchev–Trinajstić information content (AvgIpc) is 2.48. The number of nitrogens with one attached hydrogen (secondary N) is 2. The highest BCUT2D eigenvalue weighted by molar-refractivity contribution is 6.68. The monoisotopic (exact) mass is 364 g/mol. The number of methoxy groups -OCH3 is 1. The zero-order chi connectivity index (χ0) is 16.4. The number of ether oxygens (including phenoxy) is 1. The molecule has 0 bridgehead atoms. The Bertz CT molecular complexity index is 475. The summed E-state index contributed by atoms with van der Waals surface area (Å²) < 4.78 is 3.29. The van der Waals surface area contributed by atoms with Gasteiger partial charge in [-0.1, -0.05) is 65.1 Å². The number of halogens is 3. The molecule has 1 aromatic carbocycles. The Morgan fingerprint density at radius 3 is 2.59 bits per heavy atom. The highest BCUT2D eigenvalue weighted by Crippen LogP contribution is 2.29. The summed E-state index contributed by atoms with van der Waals surface area (Å²) in [4.78, 5) is 11.9. The van der Waals surface area contributed by atoms with Crippen LogP contribution in [0.5, 0.6) is 0 Å². The van der Waals surface area contributed by atoms with Crippen LogP contribution in [0.3, 0.4) is 0 Å². The van der Waals surface area contributed by atoms with Crippen LogP contribution in [0.25, 0.3) is 6.08 Å². The Kier molecular flexibility index (Phi) is 8.83. The first-order valence-corrected chi connectivity index (χ1v) is 7.89. The Morgan fingerprint density at radius 2 is 2.00 bits per heavy atom. The topological polar surface area (TPSA) is 50.4 Å². The number of alkyl halides is 3. The maximum atomic E-state index is 11.9. The molecule has 1 amide bonds. The molecule has 2 N–H and O–H groups in total. The fraction of sp³-hybridized carbons (Fsp3) is 0.400. The lowest BCUT2D eigenvalue weighted by Gasteiger charge is -2.26. The zero-order valence-electron chi connectivity index (χ0n) is 12.2. The third-order valence-electron chi connectivity index (χ3n) is 2.71. The first kappa shape index (κ1) is 19.3. The Labute approximate surface area is 145 Å². The fourth-order valence-corrected chi connectivity index (χ4v) is 2.03. The van der Waals surface area contributed by atoms with Crippen LogP contribution in [0.4, 0.5) is 0 Å². The number of rotatable bonds is 8. The van der Waals surface area contributed by atoms with Gasteiger partial charge in [0.25, 0.3) is 0 Å². The summed E-state index contributed by atoms with van der Waals surface area (Å²) in [5, 5.41) is 5.61. The van der Waals surface area contributed by atoms with Gasteiger partial charge in [0.1, 0.15) is 6.17 Å². The average molecular weight is 366 g/mol. The Balaban J connectivity index is 2.53. The normalized spacial score (nSPS) is 13.3. The van der Waals surface area contributed by atoms with Gasteiger partial charge in [-0.2, -0.15) is 0 Å². The number of carbonyl (C=O) groups is 1. The van der Waals surface area contributed by atoms with Gasteiger partial charge in [0, 0.05) is 19.8 Å². The van der Waals surface area contributed by atoms with Crippen molar-refractivity contribution < 1.29 is 9.53 Å². The lowest BCUT2D eigenvalue weighted by atomic mass is 10.2. The van der Waals surface area contributed by atoms with Crippen molar-refractivity contribution in [3.05, 3.63) is 42.0 Å². The summed E-state index contributed by atoms with van der Waals surface area (Å²) in [6.45, 7) is 1.14. The number of amides is 1. The molecule has 0 aromatic heterocycles. The van der Waals surface area contributed by atoms with E-state index in [-0.39, 0.29) is 5.91 Å². The van der Waals surface area contributed by atoms with Gasteiger partial charge in [-0.15, -0.1) is 0 Å². The highest BCUT2D eigenvalue weighted by atomic mass is 35.6. The molecule has 7 heteroatoms. The van der Waals surface area contributed by atoms with Crippen molar-refractivity contribution in [3.8, 4) is 0 Å². The van der Waals surface area contributed by atoms with Gasteiger partial charge in [0.05, 0.1) is 0 Å². The predicted molar refractivity (Wildman–Crippen MR) is 92.2 cm³/mol. The lowest BCUT2D eigenvalue weighted by molar-refractivity contribution is -0.117. The first-order valence-electron chi connectivity index (χ1n) is 6.76. The zero-order valence-corrected chi connectivity index (χ0v) is 14.5. The summed E-state index contributed by atoms with van der Waals surface area (Å²) in [5.41, 5.74) is 0.913. The van der Waals surface area contributed by atoms with Crippen molar-refractivity contribution >= 4 is 46.8 Å². The van der Waals surface area contributed by atoms with E-state index in [1.54, 1.807) is 13.2 Å². The van der Waals surface area contributed by atoms with E-state index >= 15 is 0 Å². The van der Waals surface area contributed by atoms with E-state index in [0.29, 0.717) is 13.2 Å². The second-order valence-corrected chi connectivity index (χ2v) is 6.90. The maximum absolute atomic E-state index is 11.9. The number of hydrogen-bond acceptors (Lipinski definition) is 3. The molecule has 22 heavy (non-hydrogen) atoms. The SMILES string of the molecule is COCCCN[C@@H](NC(=O)/C=C/c1ccccc1)C(Cl)(Cl)Cl. The molecule has 0 saturated heterocycles. The molecular formula is C15H19Cl3N2O2.